The van der Waals surface area contributed by atoms with E-state index in [0.717, 1.165) is 62.8 Å². The summed E-state index contributed by atoms with van der Waals surface area (Å²) in [5.74, 6) is 3.61. The van der Waals surface area contributed by atoms with Gasteiger partial charge in [-0.3, -0.25) is 4.72 Å². The molecule has 0 bridgehead atoms. The molecule has 10 aromatic carbocycles. The van der Waals surface area contributed by atoms with Gasteiger partial charge in [-0.25, -0.2) is 43.7 Å². The minimum Gasteiger partial charge on any atom is -0.744 e. The number of fused-ring (bicyclic) bond motifs is 4. The van der Waals surface area contributed by atoms with E-state index in [1.54, 1.807) is 49.4 Å². The van der Waals surface area contributed by atoms with Crippen molar-refractivity contribution in [1.82, 2.24) is 0 Å². The standard InChI is InChI=1S/2C43H46N2O4S.C10H13NO5S2.C8H10N.2C2H6.2Na.O3S.O2S/c2*1-25(2)31-14-11-15-32(26(3)4)42(31)44-29-19-21-35-38(23-29)49-39-24-30(45-43-33(27(5)6)16-12-17-34(43)28(7)8)20-22-36(39)41(35)37-13-9-10-18-40(37)50(46,47)48;1-3-4-8-5-6-9(11-17(2,12)13)7-10(8)18(14,15)16;1-7-3-5-8(9-2)6-4-7;2*1-2;;;1-4(2)3;1-3-2/h2*9-28,44H,1-8H3,(H,46,47,48);3-7,11H,1-2H3,(H,14,15,16);3,5-6,9H,1-2H3;2*1-2H3;;;;/q;;;-1;;;2*+1;;/p-1. The Morgan fingerprint density at radius 2 is 0.707 bits per heavy atom. The van der Waals surface area contributed by atoms with Gasteiger partial charge in [0, 0.05) is 119 Å². The van der Waals surface area contributed by atoms with Gasteiger partial charge in [-0.2, -0.15) is 32.2 Å². The van der Waals surface area contributed by atoms with E-state index in [0.29, 0.717) is 114 Å². The zero-order valence-electron chi connectivity index (χ0n) is 84.5. The molecule has 0 amide bonds. The smallest absolute Gasteiger partial charge is 0.744 e. The molecule has 32 heteroatoms. The van der Waals surface area contributed by atoms with Crippen LogP contribution in [0.25, 0.3) is 72.9 Å². The van der Waals surface area contributed by atoms with Crippen molar-refractivity contribution < 1.29 is 146 Å². The van der Waals surface area contributed by atoms with Crippen molar-refractivity contribution in [3.05, 3.63) is 309 Å². The summed E-state index contributed by atoms with van der Waals surface area (Å²) in [5, 5.41) is 13.5. The molecule has 0 saturated heterocycles. The van der Waals surface area contributed by atoms with Gasteiger partial charge in [-0.05, 0) is 150 Å². The van der Waals surface area contributed by atoms with Gasteiger partial charge < -0.3 is 38.4 Å². The number of nitrogens with one attached hydrogen (secondary N) is 6. The normalized spacial score (nSPS) is 11.7. The fraction of sp³-hybridized carbons (Fsp3) is 0.296. The molecule has 140 heavy (non-hydrogen) atoms. The number of rotatable bonds is 23. The van der Waals surface area contributed by atoms with Crippen LogP contribution in [0.1, 0.15) is 248 Å². The van der Waals surface area contributed by atoms with Gasteiger partial charge >= 0.3 is 81.3 Å². The summed E-state index contributed by atoms with van der Waals surface area (Å²) in [5.41, 5.74) is 22.8. The van der Waals surface area contributed by atoms with E-state index in [1.807, 2.05) is 133 Å². The molecule has 0 radical (unpaired) electrons. The van der Waals surface area contributed by atoms with Crippen LogP contribution in [0.15, 0.2) is 260 Å². The van der Waals surface area contributed by atoms with Crippen molar-refractivity contribution in [2.45, 2.75) is 214 Å². The molecule has 2 heterocycles. The predicted octanol–water partition coefficient (Wildman–Crippen LogP) is 16.5. The molecule has 14 rings (SSSR count). The van der Waals surface area contributed by atoms with Crippen LogP contribution in [0.5, 0.6) is 0 Å². The van der Waals surface area contributed by atoms with Crippen molar-refractivity contribution in [2.24, 2.45) is 0 Å². The fourth-order valence-electron chi connectivity index (χ4n) is 15.8. The number of para-hydroxylation sites is 4. The van der Waals surface area contributed by atoms with E-state index < -0.39 is 67.5 Å². The first kappa shape index (κ1) is 120. The van der Waals surface area contributed by atoms with Crippen LogP contribution in [0.2, 0.25) is 0 Å². The molecular weight excluding hydrogens is 1910 g/mol. The Hall–Kier alpha value is -10.4. The Bertz CT molecular complexity index is 6940. The summed E-state index contributed by atoms with van der Waals surface area (Å²) >= 11 is -0.750. The largest absolute Gasteiger partial charge is 1.00 e. The zero-order chi connectivity index (χ0) is 103. The van der Waals surface area contributed by atoms with Crippen molar-refractivity contribution in [1.29, 1.82) is 0 Å². The van der Waals surface area contributed by atoms with E-state index in [4.69, 9.17) is 29.9 Å². The molecule has 0 aromatic heterocycles. The van der Waals surface area contributed by atoms with E-state index in [2.05, 4.69) is 220 Å². The summed E-state index contributed by atoms with van der Waals surface area (Å²) in [6.07, 6.45) is 3.96. The molecule has 6 N–H and O–H groups in total. The van der Waals surface area contributed by atoms with E-state index in [9.17, 15) is 47.3 Å². The Kier molecular flexibility index (Phi) is 47.0. The summed E-state index contributed by atoms with van der Waals surface area (Å²) < 4.78 is 188. The minimum atomic E-state index is -4.77. The van der Waals surface area contributed by atoms with Gasteiger partial charge in [0.25, 0.3) is 0 Å². The maximum Gasteiger partial charge on any atom is 1.00 e. The van der Waals surface area contributed by atoms with Crippen LogP contribution in [-0.4, -0.2) is 81.7 Å². The third-order valence-corrected chi connectivity index (χ3v) is 25.3. The molecule has 24 nitrogen and oxygen atoms in total. The first-order valence-electron chi connectivity index (χ1n) is 45.5. The van der Waals surface area contributed by atoms with Gasteiger partial charge in [0.1, 0.15) is 53.0 Å². The second-order valence-corrected chi connectivity index (χ2v) is 40.9. The van der Waals surface area contributed by atoms with Crippen molar-refractivity contribution >= 4 is 136 Å². The van der Waals surface area contributed by atoms with Crippen molar-refractivity contribution in [2.75, 3.05) is 34.0 Å². The Labute approximate surface area is 876 Å². The van der Waals surface area contributed by atoms with Gasteiger partial charge in [-0.1, -0.05) is 278 Å². The molecule has 0 atom stereocenters. The quantitative estimate of drug-likeness (QED) is 0.0150. The predicted molar refractivity (Wildman–Crippen MR) is 553 cm³/mol. The monoisotopic (exact) mass is 2030 g/mol. The first-order chi connectivity index (χ1) is 65.1. The van der Waals surface area contributed by atoms with Crippen molar-refractivity contribution in [3.63, 3.8) is 0 Å². The molecule has 4 aliphatic rings. The molecule has 0 saturated carbocycles. The summed E-state index contributed by atoms with van der Waals surface area (Å²) in [4.78, 5) is 6.40. The van der Waals surface area contributed by atoms with Crippen LogP contribution in [0, 0.1) is 13.0 Å². The first-order valence-corrected chi connectivity index (χ1v) is 53.3. The third kappa shape index (κ3) is 32.6. The summed E-state index contributed by atoms with van der Waals surface area (Å²) in [7, 11) is -19.0. The average molecular weight is 2030 g/mol. The Morgan fingerprint density at radius 1 is 0.393 bits per heavy atom. The van der Waals surface area contributed by atoms with Crippen LogP contribution in [0.4, 0.5) is 45.5 Å². The Balaban J connectivity index is 0.000000358. The van der Waals surface area contributed by atoms with E-state index >= 15 is 0 Å². The topological polar surface area (TPSA) is 393 Å². The molecule has 734 valence electrons. The van der Waals surface area contributed by atoms with Gasteiger partial charge in [0.15, 0.2) is 0 Å². The average Bonchev–Trinajstić information content (AvgIpc) is 0.743. The SMILES string of the molecule is CC.CC.CC(C)c1cccc(C(C)C)c1Nc1ccc2c(-c3ccccc3S(=O)(=O)[O-])c3ccc(=[NH+]c4c(C(C)C)cccc4C(C)C)cc-3oc2c1.CC(C)c1cccc(C(C)C)c1Nc1ccc2c(-c3ccccc3S(=O)(=O)[O-])c3ccc(=[NH+]c4c(C(C)C)cccc4C(C)C)cc-3oc2c1.CC=Cc1ccc(NS(C)(=O)=O)cc1S(=O)(=O)[O-].CNc1c[c-]c(C)cc1.O=S(=O)=O.O=S=O.[Na+].[Na+]. The van der Waals surface area contributed by atoms with Gasteiger partial charge in [0.05, 0.1) is 33.1 Å². The van der Waals surface area contributed by atoms with Crippen LogP contribution >= 0.6 is 0 Å². The number of benzene rings is 12. The molecule has 10 aromatic rings. The minimum absolute atomic E-state index is 0. The molecule has 2 aliphatic carbocycles. The Morgan fingerprint density at radius 3 is 1.00 bits per heavy atom. The van der Waals surface area contributed by atoms with Gasteiger partial charge in [-0.15, -0.1) is 18.7 Å². The molecule has 0 fully saturated rings. The summed E-state index contributed by atoms with van der Waals surface area (Å²) in [6.45, 7) is 46.7. The molecule has 2 aliphatic heterocycles. The summed E-state index contributed by atoms with van der Waals surface area (Å²) in [6, 6.07) is 74.9. The fourth-order valence-corrected chi connectivity index (χ4v) is 18.4. The molecular formula is C108H126N6Na2O18S6. The number of sulfonamides is 1. The molecule has 0 spiro atoms. The maximum absolute atomic E-state index is 12.6. The second kappa shape index (κ2) is 54.8. The zero-order valence-corrected chi connectivity index (χ0v) is 93.4. The van der Waals surface area contributed by atoms with E-state index in [-0.39, 0.29) is 80.2 Å². The van der Waals surface area contributed by atoms with Crippen molar-refractivity contribution in [3.8, 4) is 44.9 Å². The van der Waals surface area contributed by atoms with E-state index in [1.165, 1.54) is 80.4 Å². The number of allylic oxidation sites excluding steroid dienone is 1. The number of aryl methyl sites for hydroxylation is 1. The maximum atomic E-state index is 12.6. The second-order valence-electron chi connectivity index (χ2n) is 34.5. The van der Waals surface area contributed by atoms with Crippen LogP contribution in [0.3, 0.4) is 0 Å². The number of anilines is 6. The number of hydrogen-bond donors (Lipinski definition) is 6. The number of hydrogen-bond acceptors (Lipinski definition) is 21. The van der Waals surface area contributed by atoms with Crippen LogP contribution in [-0.2, 0) is 62.6 Å². The van der Waals surface area contributed by atoms with Gasteiger partial charge in [0.2, 0.25) is 32.1 Å². The third-order valence-electron chi connectivity index (χ3n) is 22.1. The molecule has 0 unspecified atom stereocenters. The van der Waals surface area contributed by atoms with Crippen LogP contribution < -0.4 is 100 Å².